The number of oxime groups is 1. The van der Waals surface area contributed by atoms with Crippen molar-refractivity contribution in [3.63, 3.8) is 0 Å². The van der Waals surface area contributed by atoms with Gasteiger partial charge in [-0.1, -0.05) is 49.3 Å². The van der Waals surface area contributed by atoms with Crippen LogP contribution in [0.2, 0.25) is 0 Å². The maximum Gasteiger partial charge on any atom is 0.0733 e. The van der Waals surface area contributed by atoms with Gasteiger partial charge in [-0.15, -0.1) is 0 Å². The monoisotopic (exact) mass is 151 g/mol. The molecule has 11 heavy (non-hydrogen) atoms. The van der Waals surface area contributed by atoms with Gasteiger partial charge in [0.05, 0.1) is 6.21 Å². The Morgan fingerprint density at radius 2 is 1.73 bits per heavy atom. The van der Waals surface area contributed by atoms with Crippen LogP contribution in [0.1, 0.15) is 19.4 Å². The van der Waals surface area contributed by atoms with E-state index in [2.05, 4.69) is 5.16 Å². The second kappa shape index (κ2) is 6.81. The SMILES string of the molecule is CC.ON=Cc1ccccc1. The first-order valence-corrected chi connectivity index (χ1v) is 3.66. The molecule has 1 N–H and O–H groups in total. The van der Waals surface area contributed by atoms with Gasteiger partial charge in [-0.3, -0.25) is 0 Å². The standard InChI is InChI=1S/C7H7NO.C2H6/c9-8-6-7-4-2-1-3-5-7;1-2/h1-6,9H;1-2H3. The van der Waals surface area contributed by atoms with Crippen LogP contribution in [0, 0.1) is 0 Å². The predicted octanol–water partition coefficient (Wildman–Crippen LogP) is 2.52. The van der Waals surface area contributed by atoms with Gasteiger partial charge < -0.3 is 5.21 Å². The summed E-state index contributed by atoms with van der Waals surface area (Å²) in [6.45, 7) is 4.00. The molecule has 0 amide bonds. The van der Waals surface area contributed by atoms with E-state index in [0.717, 1.165) is 5.56 Å². The molecule has 60 valence electrons. The van der Waals surface area contributed by atoms with Crippen LogP contribution in [0.15, 0.2) is 35.5 Å². The fourth-order valence-electron chi connectivity index (χ4n) is 0.606. The smallest absolute Gasteiger partial charge is 0.0733 e. The molecule has 0 aliphatic carbocycles. The summed E-state index contributed by atoms with van der Waals surface area (Å²) in [6, 6.07) is 9.40. The topological polar surface area (TPSA) is 32.6 Å². The molecule has 0 bridgehead atoms. The van der Waals surface area contributed by atoms with Crippen LogP contribution in [-0.4, -0.2) is 11.4 Å². The van der Waals surface area contributed by atoms with Crippen molar-refractivity contribution in [1.82, 2.24) is 0 Å². The van der Waals surface area contributed by atoms with Gasteiger partial charge in [-0.2, -0.15) is 0 Å². The first kappa shape index (κ1) is 9.69. The molecular weight excluding hydrogens is 138 g/mol. The Morgan fingerprint density at radius 1 is 1.18 bits per heavy atom. The largest absolute Gasteiger partial charge is 0.411 e. The van der Waals surface area contributed by atoms with Crippen molar-refractivity contribution in [1.29, 1.82) is 0 Å². The third-order valence-corrected chi connectivity index (χ3v) is 1.01. The van der Waals surface area contributed by atoms with Gasteiger partial charge in [0.15, 0.2) is 0 Å². The highest BCUT2D eigenvalue weighted by atomic mass is 16.4. The van der Waals surface area contributed by atoms with Crippen molar-refractivity contribution in [3.8, 4) is 0 Å². The molecule has 0 aliphatic rings. The van der Waals surface area contributed by atoms with E-state index in [1.807, 2.05) is 44.2 Å². The average molecular weight is 151 g/mol. The third kappa shape index (κ3) is 4.14. The highest BCUT2D eigenvalue weighted by molar-refractivity contribution is 5.78. The lowest BCUT2D eigenvalue weighted by molar-refractivity contribution is 0.322. The maximum absolute atomic E-state index is 8.09. The summed E-state index contributed by atoms with van der Waals surface area (Å²) in [4.78, 5) is 0. The molecular formula is C9H13NO. The molecule has 0 atom stereocenters. The molecule has 0 fully saturated rings. The van der Waals surface area contributed by atoms with Crippen LogP contribution in [0.4, 0.5) is 0 Å². The van der Waals surface area contributed by atoms with Crippen LogP contribution in [-0.2, 0) is 0 Å². The summed E-state index contributed by atoms with van der Waals surface area (Å²) in [6.07, 6.45) is 1.39. The molecule has 0 radical (unpaired) electrons. The Hall–Kier alpha value is -1.31. The number of benzene rings is 1. The van der Waals surface area contributed by atoms with Gasteiger partial charge in [0.1, 0.15) is 0 Å². The van der Waals surface area contributed by atoms with Crippen molar-refractivity contribution >= 4 is 6.21 Å². The maximum atomic E-state index is 8.09. The molecule has 0 aromatic heterocycles. The van der Waals surface area contributed by atoms with Gasteiger partial charge >= 0.3 is 0 Å². The Kier molecular flexibility index (Phi) is 5.99. The Labute approximate surface area is 67.2 Å². The first-order valence-electron chi connectivity index (χ1n) is 3.66. The highest BCUT2D eigenvalue weighted by Crippen LogP contribution is 1.92. The van der Waals surface area contributed by atoms with E-state index < -0.39 is 0 Å². The molecule has 0 heterocycles. The second-order valence-corrected chi connectivity index (χ2v) is 1.66. The van der Waals surface area contributed by atoms with Crippen LogP contribution >= 0.6 is 0 Å². The highest BCUT2D eigenvalue weighted by Gasteiger charge is 1.79. The van der Waals surface area contributed by atoms with Crippen molar-refractivity contribution < 1.29 is 5.21 Å². The van der Waals surface area contributed by atoms with E-state index in [1.165, 1.54) is 6.21 Å². The van der Waals surface area contributed by atoms with Gasteiger partial charge in [0, 0.05) is 0 Å². The zero-order valence-corrected chi connectivity index (χ0v) is 6.86. The zero-order valence-electron chi connectivity index (χ0n) is 6.86. The van der Waals surface area contributed by atoms with E-state index in [1.54, 1.807) is 0 Å². The normalized spacial score (nSPS) is 8.91. The molecule has 0 saturated heterocycles. The Morgan fingerprint density at radius 3 is 2.18 bits per heavy atom. The lowest BCUT2D eigenvalue weighted by Crippen LogP contribution is -1.76. The first-order chi connectivity index (χ1) is 5.43. The van der Waals surface area contributed by atoms with Crippen molar-refractivity contribution in [2.45, 2.75) is 13.8 Å². The van der Waals surface area contributed by atoms with Crippen molar-refractivity contribution in [2.24, 2.45) is 5.16 Å². The van der Waals surface area contributed by atoms with Crippen LogP contribution in [0.25, 0.3) is 0 Å². The van der Waals surface area contributed by atoms with Gasteiger partial charge in [-0.05, 0) is 5.56 Å². The Bertz CT molecular complexity index is 194. The van der Waals surface area contributed by atoms with Crippen molar-refractivity contribution in [2.75, 3.05) is 0 Å². The number of rotatable bonds is 1. The summed E-state index contributed by atoms with van der Waals surface area (Å²) >= 11 is 0. The quantitative estimate of drug-likeness (QED) is 0.373. The van der Waals surface area contributed by atoms with E-state index in [9.17, 15) is 0 Å². The van der Waals surface area contributed by atoms with Crippen LogP contribution < -0.4 is 0 Å². The van der Waals surface area contributed by atoms with Gasteiger partial charge in [0.25, 0.3) is 0 Å². The van der Waals surface area contributed by atoms with Crippen LogP contribution in [0.3, 0.4) is 0 Å². The Balaban J connectivity index is 0.000000461. The molecule has 2 nitrogen and oxygen atoms in total. The van der Waals surface area contributed by atoms with Gasteiger partial charge in [0.2, 0.25) is 0 Å². The molecule has 1 aromatic rings. The number of hydrogen-bond acceptors (Lipinski definition) is 2. The van der Waals surface area contributed by atoms with Crippen LogP contribution in [0.5, 0.6) is 0 Å². The lowest BCUT2D eigenvalue weighted by Gasteiger charge is -1.85. The summed E-state index contributed by atoms with van der Waals surface area (Å²) in [7, 11) is 0. The van der Waals surface area contributed by atoms with E-state index >= 15 is 0 Å². The van der Waals surface area contributed by atoms with Gasteiger partial charge in [-0.25, -0.2) is 0 Å². The fraction of sp³-hybridized carbons (Fsp3) is 0.222. The minimum absolute atomic E-state index is 0.903. The molecule has 0 spiro atoms. The lowest BCUT2D eigenvalue weighted by atomic mass is 10.2. The zero-order chi connectivity index (χ0) is 8.53. The summed E-state index contributed by atoms with van der Waals surface area (Å²) in [5.74, 6) is 0. The van der Waals surface area contributed by atoms with E-state index in [0.29, 0.717) is 0 Å². The molecule has 0 unspecified atom stereocenters. The molecule has 0 aliphatic heterocycles. The summed E-state index contributed by atoms with van der Waals surface area (Å²) < 4.78 is 0. The summed E-state index contributed by atoms with van der Waals surface area (Å²) in [5.41, 5.74) is 0.903. The molecule has 1 rings (SSSR count). The molecule has 1 aromatic carbocycles. The van der Waals surface area contributed by atoms with E-state index in [-0.39, 0.29) is 0 Å². The third-order valence-electron chi connectivity index (χ3n) is 1.01. The molecule has 2 heteroatoms. The van der Waals surface area contributed by atoms with Crippen molar-refractivity contribution in [3.05, 3.63) is 35.9 Å². The average Bonchev–Trinajstić information content (AvgIpc) is 2.11. The summed E-state index contributed by atoms with van der Waals surface area (Å²) in [5, 5.41) is 11.0. The minimum Gasteiger partial charge on any atom is -0.411 e. The fourth-order valence-corrected chi connectivity index (χ4v) is 0.606. The second-order valence-electron chi connectivity index (χ2n) is 1.66. The minimum atomic E-state index is 0.903. The molecule has 0 saturated carbocycles. The predicted molar refractivity (Wildman–Crippen MR) is 47.2 cm³/mol. The number of nitrogens with zero attached hydrogens (tertiary/aromatic N) is 1. The van der Waals surface area contributed by atoms with E-state index in [4.69, 9.17) is 5.21 Å². The number of hydrogen-bond donors (Lipinski definition) is 1.